The van der Waals surface area contributed by atoms with Crippen LogP contribution in [0, 0.1) is 20.8 Å². The van der Waals surface area contributed by atoms with E-state index < -0.39 is 29.5 Å². The Morgan fingerprint density at radius 2 is 1.03 bits per heavy atom. The van der Waals surface area contributed by atoms with E-state index in [1.54, 1.807) is 55.5 Å². The molecule has 0 radical (unpaired) electrons. The zero-order valence-corrected chi connectivity index (χ0v) is 17.5. The third kappa shape index (κ3) is 3.78. The van der Waals surface area contributed by atoms with Crippen LogP contribution in [0.15, 0.2) is 77.8 Å². The second kappa shape index (κ2) is 7.63. The first-order chi connectivity index (χ1) is 14.6. The molecular formula is C26H23F4N. The largest absolute Gasteiger partial charge is 0.302 e. The van der Waals surface area contributed by atoms with E-state index >= 15 is 17.6 Å². The van der Waals surface area contributed by atoms with E-state index in [-0.39, 0.29) is 16.7 Å². The van der Waals surface area contributed by atoms with Crippen molar-refractivity contribution < 1.29 is 17.6 Å². The molecule has 0 N–H and O–H groups in total. The normalized spacial score (nSPS) is 22.1. The lowest BCUT2D eigenvalue weighted by molar-refractivity contribution is -0.127. The van der Waals surface area contributed by atoms with Gasteiger partial charge in [-0.15, -0.1) is 0 Å². The van der Waals surface area contributed by atoms with E-state index in [1.807, 2.05) is 13.8 Å². The topological polar surface area (TPSA) is 12.4 Å². The van der Waals surface area contributed by atoms with Crippen molar-refractivity contribution in [2.75, 3.05) is 0 Å². The van der Waals surface area contributed by atoms with Gasteiger partial charge in [0.05, 0.1) is 0 Å². The maximum Gasteiger partial charge on any atom is 0.302 e. The maximum absolute atomic E-state index is 15.8. The molecule has 3 aromatic carbocycles. The quantitative estimate of drug-likeness (QED) is 0.393. The lowest BCUT2D eigenvalue weighted by Crippen LogP contribution is -2.52. The van der Waals surface area contributed by atoms with E-state index in [4.69, 9.17) is 0 Å². The van der Waals surface area contributed by atoms with Crippen LogP contribution in [0.3, 0.4) is 0 Å². The summed E-state index contributed by atoms with van der Waals surface area (Å²) in [5.74, 6) is -9.97. The van der Waals surface area contributed by atoms with Crippen molar-refractivity contribution in [2.24, 2.45) is 4.99 Å². The Labute approximate surface area is 179 Å². The molecule has 1 aliphatic rings. The van der Waals surface area contributed by atoms with Crippen molar-refractivity contribution in [3.63, 3.8) is 0 Å². The van der Waals surface area contributed by atoms with Gasteiger partial charge in [-0.25, -0.2) is 8.78 Å². The van der Waals surface area contributed by atoms with Crippen molar-refractivity contribution in [2.45, 2.75) is 44.6 Å². The van der Waals surface area contributed by atoms with Gasteiger partial charge >= 0.3 is 5.92 Å². The van der Waals surface area contributed by atoms with Crippen molar-refractivity contribution in [1.82, 2.24) is 0 Å². The smallest absolute Gasteiger partial charge is 0.268 e. The molecule has 0 saturated heterocycles. The van der Waals surface area contributed by atoms with Crippen LogP contribution in [0.2, 0.25) is 0 Å². The highest BCUT2D eigenvalue weighted by atomic mass is 19.3. The van der Waals surface area contributed by atoms with Crippen LogP contribution in [0.4, 0.5) is 17.6 Å². The van der Waals surface area contributed by atoms with Gasteiger partial charge in [0.25, 0.3) is 5.92 Å². The van der Waals surface area contributed by atoms with Crippen molar-refractivity contribution in [3.05, 3.63) is 106 Å². The summed E-state index contributed by atoms with van der Waals surface area (Å²) in [6.07, 6.45) is 0. The van der Waals surface area contributed by atoms with E-state index in [1.165, 1.54) is 24.3 Å². The lowest BCUT2D eigenvalue weighted by Gasteiger charge is -2.41. The van der Waals surface area contributed by atoms with Crippen molar-refractivity contribution in [3.8, 4) is 0 Å². The van der Waals surface area contributed by atoms with E-state index in [9.17, 15) is 0 Å². The first-order valence-electron chi connectivity index (χ1n) is 10.1. The maximum atomic E-state index is 15.8. The summed E-state index contributed by atoms with van der Waals surface area (Å²) in [6.45, 7) is 5.46. The first kappa shape index (κ1) is 21.3. The number of halogens is 4. The Balaban J connectivity index is 1.95. The third-order valence-electron chi connectivity index (χ3n) is 5.81. The highest BCUT2D eigenvalue weighted by Gasteiger charge is 2.65. The zero-order chi connectivity index (χ0) is 22.4. The molecule has 160 valence electrons. The van der Waals surface area contributed by atoms with Crippen LogP contribution in [0.25, 0.3) is 0 Å². The summed E-state index contributed by atoms with van der Waals surface area (Å²) in [7, 11) is 0. The van der Waals surface area contributed by atoms with Gasteiger partial charge in [-0.1, -0.05) is 89.5 Å². The fourth-order valence-electron chi connectivity index (χ4n) is 4.05. The summed E-state index contributed by atoms with van der Waals surface area (Å²) < 4.78 is 63.0. The molecule has 0 saturated carbocycles. The highest BCUT2D eigenvalue weighted by molar-refractivity contribution is 6.07. The van der Waals surface area contributed by atoms with Crippen LogP contribution < -0.4 is 0 Å². The molecule has 1 heterocycles. The number of nitrogens with zero attached hydrogens (tertiary/aromatic N) is 1. The Kier molecular flexibility index (Phi) is 5.24. The number of aliphatic imine (C=N–C) groups is 1. The number of rotatable bonds is 3. The average molecular weight is 425 g/mol. The summed E-state index contributed by atoms with van der Waals surface area (Å²) >= 11 is 0. The molecule has 2 atom stereocenters. The summed E-state index contributed by atoms with van der Waals surface area (Å²) in [5.41, 5.74) is 2.26. The number of benzene rings is 3. The Bertz CT molecular complexity index is 1100. The fraction of sp³-hybridized carbons (Fsp3) is 0.269. The molecule has 0 spiro atoms. The molecule has 4 rings (SSSR count). The number of hydrogen-bond donors (Lipinski definition) is 0. The first-order valence-corrected chi connectivity index (χ1v) is 10.1. The molecule has 0 aliphatic carbocycles. The molecule has 0 amide bonds. The van der Waals surface area contributed by atoms with Crippen LogP contribution in [0.1, 0.15) is 45.3 Å². The molecule has 31 heavy (non-hydrogen) atoms. The second-order valence-electron chi connectivity index (χ2n) is 8.30. The molecule has 0 bridgehead atoms. The van der Waals surface area contributed by atoms with Crippen molar-refractivity contribution in [1.29, 1.82) is 0 Å². The molecule has 5 heteroatoms. The van der Waals surface area contributed by atoms with Gasteiger partial charge in [-0.2, -0.15) is 8.78 Å². The Hall–Kier alpha value is -2.95. The van der Waals surface area contributed by atoms with Gasteiger partial charge in [0.1, 0.15) is 17.7 Å². The zero-order valence-electron chi connectivity index (χ0n) is 17.5. The van der Waals surface area contributed by atoms with Gasteiger partial charge in [0.15, 0.2) is 0 Å². The predicted octanol–water partition coefficient (Wildman–Crippen LogP) is 7.21. The van der Waals surface area contributed by atoms with E-state index in [0.29, 0.717) is 0 Å². The fourth-order valence-corrected chi connectivity index (χ4v) is 4.05. The third-order valence-corrected chi connectivity index (χ3v) is 5.81. The Morgan fingerprint density at radius 1 is 0.613 bits per heavy atom. The standard InChI is InChI=1S/C26H23F4N/c1-16-4-10-19(11-5-16)22-25(27,28)23(20-12-6-17(2)7-13-20)31-24(26(22,29)30)21-14-8-18(3)9-15-21/h4-15,22-23H,1-3H3. The van der Waals surface area contributed by atoms with Gasteiger partial charge in [0, 0.05) is 5.56 Å². The van der Waals surface area contributed by atoms with E-state index in [2.05, 4.69) is 4.99 Å². The Morgan fingerprint density at radius 3 is 1.52 bits per heavy atom. The van der Waals surface area contributed by atoms with Crippen LogP contribution in [-0.4, -0.2) is 17.6 Å². The molecule has 2 unspecified atom stereocenters. The second-order valence-corrected chi connectivity index (χ2v) is 8.30. The monoisotopic (exact) mass is 425 g/mol. The minimum Gasteiger partial charge on any atom is -0.268 e. The summed E-state index contributed by atoms with van der Waals surface area (Å²) in [6, 6.07) is 17.1. The molecule has 1 nitrogen and oxygen atoms in total. The number of hydrogen-bond acceptors (Lipinski definition) is 1. The highest BCUT2D eigenvalue weighted by Crippen LogP contribution is 2.56. The van der Waals surface area contributed by atoms with Gasteiger partial charge in [0.2, 0.25) is 0 Å². The van der Waals surface area contributed by atoms with Gasteiger partial charge in [-0.3, -0.25) is 4.99 Å². The van der Waals surface area contributed by atoms with Crippen LogP contribution >= 0.6 is 0 Å². The van der Waals surface area contributed by atoms with E-state index in [0.717, 1.165) is 16.7 Å². The van der Waals surface area contributed by atoms with Gasteiger partial charge < -0.3 is 0 Å². The molecule has 1 aliphatic heterocycles. The van der Waals surface area contributed by atoms with Crippen LogP contribution in [-0.2, 0) is 0 Å². The average Bonchev–Trinajstić information content (AvgIpc) is 2.71. The van der Waals surface area contributed by atoms with Crippen molar-refractivity contribution >= 4 is 5.71 Å². The molecule has 0 fully saturated rings. The minimum atomic E-state index is -3.85. The molecule has 0 aromatic heterocycles. The number of aryl methyl sites for hydroxylation is 3. The van der Waals surface area contributed by atoms with Crippen LogP contribution in [0.5, 0.6) is 0 Å². The molecule has 3 aromatic rings. The van der Waals surface area contributed by atoms with Gasteiger partial charge in [-0.05, 0) is 31.9 Å². The lowest BCUT2D eigenvalue weighted by atomic mass is 9.75. The SMILES string of the molecule is Cc1ccc(C2=NC(c3ccc(C)cc3)C(F)(F)C(c3ccc(C)cc3)C2(F)F)cc1. The summed E-state index contributed by atoms with van der Waals surface area (Å²) in [4.78, 5) is 4.00. The summed E-state index contributed by atoms with van der Waals surface area (Å²) in [5, 5.41) is 0. The number of alkyl halides is 4. The minimum absolute atomic E-state index is 0.0998. The molecular weight excluding hydrogens is 402 g/mol. The predicted molar refractivity (Wildman–Crippen MR) is 115 cm³/mol.